The minimum absolute atomic E-state index is 0.0514. The van der Waals surface area contributed by atoms with Crippen molar-refractivity contribution in [2.75, 3.05) is 11.5 Å². The first kappa shape index (κ1) is 18.7. The van der Waals surface area contributed by atoms with Gasteiger partial charge in [-0.2, -0.15) is 0 Å². The minimum Gasteiger partial charge on any atom is -0.462 e. The van der Waals surface area contributed by atoms with Crippen molar-refractivity contribution in [2.45, 2.75) is 51.2 Å². The second-order valence-electron chi connectivity index (χ2n) is 7.35. The molecule has 1 fully saturated rings. The molecule has 7 heteroatoms. The maximum atomic E-state index is 11.6. The summed E-state index contributed by atoms with van der Waals surface area (Å²) in [7, 11) is 0. The van der Waals surface area contributed by atoms with Gasteiger partial charge in [0.2, 0.25) is 0 Å². The molecule has 144 valence electrons. The Bertz CT molecular complexity index is 895. The van der Waals surface area contributed by atoms with Crippen LogP contribution in [0.5, 0.6) is 0 Å². The van der Waals surface area contributed by atoms with Gasteiger partial charge in [0.05, 0.1) is 22.9 Å². The molecule has 3 atom stereocenters. The lowest BCUT2D eigenvalue weighted by Crippen LogP contribution is -2.31. The molecule has 2 unspecified atom stereocenters. The van der Waals surface area contributed by atoms with Crippen molar-refractivity contribution in [1.29, 1.82) is 0 Å². The Balaban J connectivity index is 1.50. The van der Waals surface area contributed by atoms with Gasteiger partial charge in [-0.1, -0.05) is 18.5 Å². The molecule has 0 bridgehead atoms. The van der Waals surface area contributed by atoms with Gasteiger partial charge in [0.25, 0.3) is 0 Å². The van der Waals surface area contributed by atoms with Crippen molar-refractivity contribution < 1.29 is 9.53 Å². The number of anilines is 1. The Morgan fingerprint density at radius 1 is 1.41 bits per heavy atom. The van der Waals surface area contributed by atoms with Crippen molar-refractivity contribution >= 4 is 51.0 Å². The smallest absolute Gasteiger partial charge is 0.305 e. The van der Waals surface area contributed by atoms with Crippen molar-refractivity contribution in [2.24, 2.45) is 10.9 Å². The largest absolute Gasteiger partial charge is 0.462 e. The molecule has 4 rings (SSSR count). The average molecular weight is 406 g/mol. The Hall–Kier alpha value is -1.66. The van der Waals surface area contributed by atoms with Crippen molar-refractivity contribution in [3.05, 3.63) is 28.9 Å². The Labute approximate surface area is 168 Å². The molecule has 1 saturated carbocycles. The van der Waals surface area contributed by atoms with Crippen LogP contribution in [0.15, 0.2) is 23.2 Å². The normalized spacial score (nSPS) is 25.6. The molecule has 2 heterocycles. The van der Waals surface area contributed by atoms with E-state index in [9.17, 15) is 4.79 Å². The number of ether oxygens (including phenoxy) is 1. The van der Waals surface area contributed by atoms with Crippen LogP contribution in [0.1, 0.15) is 44.7 Å². The number of aliphatic imine (C=N–C) groups is 1. The number of aromatic amines is 1. The second-order valence-corrected chi connectivity index (χ2v) is 8.79. The zero-order valence-corrected chi connectivity index (χ0v) is 16.9. The van der Waals surface area contributed by atoms with Crippen LogP contribution >= 0.6 is 23.4 Å². The number of carbonyl (C=O) groups excluding carboxylic acids is 1. The third-order valence-corrected chi connectivity index (χ3v) is 6.75. The molecule has 1 aromatic carbocycles. The van der Waals surface area contributed by atoms with Crippen LogP contribution in [0.2, 0.25) is 5.02 Å². The van der Waals surface area contributed by atoms with Gasteiger partial charge >= 0.3 is 5.97 Å². The van der Waals surface area contributed by atoms with E-state index in [-0.39, 0.29) is 18.1 Å². The van der Waals surface area contributed by atoms with E-state index in [2.05, 4.69) is 11.1 Å². The molecular weight excluding hydrogens is 382 g/mol. The molecule has 1 aliphatic heterocycles. The summed E-state index contributed by atoms with van der Waals surface area (Å²) in [6.45, 7) is 1.84. The molecule has 0 amide bonds. The Kier molecular flexibility index (Phi) is 5.37. The summed E-state index contributed by atoms with van der Waals surface area (Å²) in [6, 6.07) is 6.02. The van der Waals surface area contributed by atoms with Gasteiger partial charge in [-0.05, 0) is 49.8 Å². The zero-order chi connectivity index (χ0) is 19.0. The number of benzene rings is 1. The molecule has 2 aliphatic rings. The molecule has 2 aromatic rings. The first-order chi connectivity index (χ1) is 13.0. The van der Waals surface area contributed by atoms with Crippen molar-refractivity contribution in [3.8, 4) is 0 Å². The molecule has 5 nitrogen and oxygen atoms in total. The number of nitrogens with two attached hydrogens (primary N) is 1. The highest BCUT2D eigenvalue weighted by molar-refractivity contribution is 8.14. The number of fused-ring (bicyclic) bond motifs is 1. The topological polar surface area (TPSA) is 80.5 Å². The number of thioether (sulfide) groups is 1. The number of esters is 1. The first-order valence-electron chi connectivity index (χ1n) is 9.51. The summed E-state index contributed by atoms with van der Waals surface area (Å²) < 4.78 is 5.58. The number of halogens is 1. The third kappa shape index (κ3) is 3.97. The van der Waals surface area contributed by atoms with E-state index < -0.39 is 0 Å². The number of rotatable bonds is 4. The molecule has 0 radical (unpaired) electrons. The number of aromatic nitrogens is 1. The highest BCUT2D eigenvalue weighted by Gasteiger charge is 2.33. The van der Waals surface area contributed by atoms with E-state index >= 15 is 0 Å². The van der Waals surface area contributed by atoms with E-state index in [0.29, 0.717) is 23.0 Å². The fourth-order valence-corrected chi connectivity index (χ4v) is 5.42. The third-order valence-electron chi connectivity index (χ3n) is 5.43. The fraction of sp³-hybridized carbons (Fsp3) is 0.500. The maximum absolute atomic E-state index is 11.6. The molecule has 1 aliphatic carbocycles. The average Bonchev–Trinajstić information content (AvgIpc) is 3.28. The van der Waals surface area contributed by atoms with Gasteiger partial charge in [0, 0.05) is 22.6 Å². The summed E-state index contributed by atoms with van der Waals surface area (Å²) in [5.74, 6) is 1.35. The van der Waals surface area contributed by atoms with Crippen LogP contribution in [0.4, 0.5) is 5.69 Å². The van der Waals surface area contributed by atoms with Crippen LogP contribution < -0.4 is 5.73 Å². The van der Waals surface area contributed by atoms with Crippen molar-refractivity contribution in [3.63, 3.8) is 0 Å². The molecule has 27 heavy (non-hydrogen) atoms. The predicted octanol–water partition coefficient (Wildman–Crippen LogP) is 4.78. The quantitative estimate of drug-likeness (QED) is 0.566. The highest BCUT2D eigenvalue weighted by atomic mass is 35.5. The zero-order valence-electron chi connectivity index (χ0n) is 15.3. The number of hydrogen-bond donors (Lipinski definition) is 2. The Morgan fingerprint density at radius 3 is 3.07 bits per heavy atom. The fourth-order valence-electron chi connectivity index (χ4n) is 4.03. The lowest BCUT2D eigenvalue weighted by molar-refractivity contribution is -0.151. The Morgan fingerprint density at radius 2 is 2.26 bits per heavy atom. The van der Waals surface area contributed by atoms with Crippen LogP contribution in [-0.4, -0.2) is 33.9 Å². The molecule has 3 N–H and O–H groups in total. The molecule has 0 saturated heterocycles. The van der Waals surface area contributed by atoms with Crippen LogP contribution in [0.3, 0.4) is 0 Å². The van der Waals surface area contributed by atoms with Crippen molar-refractivity contribution in [1.82, 2.24) is 4.98 Å². The van der Waals surface area contributed by atoms with Gasteiger partial charge in [0.15, 0.2) is 0 Å². The number of H-pyrrole nitrogens is 1. The van der Waals surface area contributed by atoms with Gasteiger partial charge in [0.1, 0.15) is 11.1 Å². The summed E-state index contributed by atoms with van der Waals surface area (Å²) >= 11 is 7.89. The summed E-state index contributed by atoms with van der Waals surface area (Å²) in [6.07, 6.45) is 4.63. The summed E-state index contributed by atoms with van der Waals surface area (Å²) in [4.78, 5) is 20.0. The SMILES string of the molecule is CCC(=O)OC1CCCC([C@@H]2CSC(c3cc4cc(Cl)cc(N)c4[nH]3)=N2)C1. The standard InChI is InChI=1S/C20H24ClN3O2S/c1-2-18(25)26-14-5-3-4-11(7-14)17-10-27-20(24-17)16-8-12-6-13(21)9-15(22)19(12)23-16/h6,8-9,11,14,17,23H,2-5,7,10,22H2,1H3/t11?,14?,17-/m0/s1. The van der Waals surface area contributed by atoms with Gasteiger partial charge < -0.3 is 15.5 Å². The second kappa shape index (κ2) is 7.76. The van der Waals surface area contributed by atoms with Gasteiger partial charge in [-0.25, -0.2) is 0 Å². The first-order valence-corrected chi connectivity index (χ1v) is 10.9. The van der Waals surface area contributed by atoms with E-state index in [4.69, 9.17) is 27.1 Å². The van der Waals surface area contributed by atoms with E-state index in [0.717, 1.165) is 53.1 Å². The molecular formula is C20H24ClN3O2S. The van der Waals surface area contributed by atoms with Gasteiger partial charge in [-0.3, -0.25) is 9.79 Å². The maximum Gasteiger partial charge on any atom is 0.305 e. The molecule has 0 spiro atoms. The monoisotopic (exact) mass is 405 g/mol. The van der Waals surface area contributed by atoms with Crippen LogP contribution in [-0.2, 0) is 9.53 Å². The lowest BCUT2D eigenvalue weighted by atomic mass is 9.83. The number of nitrogens with one attached hydrogen (secondary N) is 1. The van der Waals surface area contributed by atoms with Crippen LogP contribution in [0.25, 0.3) is 10.9 Å². The minimum atomic E-state index is -0.0973. The van der Waals surface area contributed by atoms with E-state index in [1.165, 1.54) is 0 Å². The number of hydrogen-bond acceptors (Lipinski definition) is 5. The van der Waals surface area contributed by atoms with E-state index in [1.54, 1.807) is 17.8 Å². The molecule has 1 aromatic heterocycles. The predicted molar refractivity (Wildman–Crippen MR) is 113 cm³/mol. The number of nitrogen functional groups attached to an aromatic ring is 1. The number of nitrogens with zero attached hydrogens (tertiary/aromatic N) is 1. The van der Waals surface area contributed by atoms with Crippen LogP contribution in [0, 0.1) is 5.92 Å². The summed E-state index contributed by atoms with van der Waals surface area (Å²) in [5.41, 5.74) is 8.63. The van der Waals surface area contributed by atoms with E-state index in [1.807, 2.05) is 13.0 Å². The van der Waals surface area contributed by atoms with Gasteiger partial charge in [-0.15, -0.1) is 11.8 Å². The lowest BCUT2D eigenvalue weighted by Gasteiger charge is -2.31. The summed E-state index contributed by atoms with van der Waals surface area (Å²) in [5, 5.41) is 2.67. The number of carbonyl (C=O) groups is 1. The highest BCUT2D eigenvalue weighted by Crippen LogP contribution is 2.37.